The second kappa shape index (κ2) is 8.03. The summed E-state index contributed by atoms with van der Waals surface area (Å²) in [7, 11) is 1.67. The lowest BCUT2D eigenvalue weighted by atomic mass is 9.98. The number of methoxy groups -OCH3 is 1. The Labute approximate surface area is 127 Å². The van der Waals surface area contributed by atoms with Crippen molar-refractivity contribution in [3.8, 4) is 0 Å². The third-order valence-electron chi connectivity index (χ3n) is 4.06. The Morgan fingerprint density at radius 1 is 1.48 bits per heavy atom. The van der Waals surface area contributed by atoms with E-state index in [0.717, 1.165) is 25.8 Å². The molecule has 4 heteroatoms. The number of hydrogen-bond acceptors (Lipinski definition) is 3. The fourth-order valence-electron chi connectivity index (χ4n) is 2.67. The van der Waals surface area contributed by atoms with Crippen LogP contribution < -0.4 is 10.6 Å². The molecule has 2 rings (SSSR count). The number of fused-ring (bicyclic) bond motifs is 1. The van der Waals surface area contributed by atoms with Crippen LogP contribution in [0.15, 0.2) is 18.2 Å². The molecule has 0 saturated carbocycles. The predicted octanol–water partition coefficient (Wildman–Crippen LogP) is 2.52. The molecule has 1 aromatic rings. The predicted molar refractivity (Wildman–Crippen MR) is 85.7 cm³/mol. The van der Waals surface area contributed by atoms with E-state index in [0.29, 0.717) is 13.0 Å². The molecule has 0 radical (unpaired) electrons. The molecule has 4 nitrogen and oxygen atoms in total. The minimum atomic E-state index is 0.108. The van der Waals surface area contributed by atoms with Crippen molar-refractivity contribution >= 4 is 11.6 Å². The largest absolute Gasteiger partial charge is 0.385 e. The van der Waals surface area contributed by atoms with Crippen LogP contribution in [-0.4, -0.2) is 32.2 Å². The van der Waals surface area contributed by atoms with Gasteiger partial charge in [-0.2, -0.15) is 0 Å². The third-order valence-corrected chi connectivity index (χ3v) is 4.06. The van der Waals surface area contributed by atoms with E-state index in [-0.39, 0.29) is 12.0 Å². The average molecular weight is 290 g/mol. The Hall–Kier alpha value is -1.55. The summed E-state index contributed by atoms with van der Waals surface area (Å²) >= 11 is 0. The molecule has 1 aromatic carbocycles. The zero-order valence-corrected chi connectivity index (χ0v) is 13.1. The van der Waals surface area contributed by atoms with Crippen molar-refractivity contribution < 1.29 is 9.53 Å². The van der Waals surface area contributed by atoms with Gasteiger partial charge in [0.1, 0.15) is 0 Å². The maximum atomic E-state index is 11.8. The first-order valence-electron chi connectivity index (χ1n) is 7.85. The molecule has 1 aliphatic heterocycles. The highest BCUT2D eigenvalue weighted by Gasteiger charge is 2.12. The summed E-state index contributed by atoms with van der Waals surface area (Å²) < 4.78 is 5.15. The SMILES string of the molecule is COC(C)CCC(=O)NCCc1cccc2c1NCCC2. The molecule has 0 saturated heterocycles. The molecular weight excluding hydrogens is 264 g/mol. The molecule has 1 heterocycles. The maximum Gasteiger partial charge on any atom is 0.220 e. The van der Waals surface area contributed by atoms with E-state index >= 15 is 0 Å². The van der Waals surface area contributed by atoms with Crippen molar-refractivity contribution in [3.63, 3.8) is 0 Å². The molecule has 0 aliphatic carbocycles. The number of amides is 1. The quantitative estimate of drug-likeness (QED) is 0.811. The number of carbonyl (C=O) groups is 1. The highest BCUT2D eigenvalue weighted by atomic mass is 16.5. The lowest BCUT2D eigenvalue weighted by molar-refractivity contribution is -0.121. The normalized spacial score (nSPS) is 15.0. The van der Waals surface area contributed by atoms with Gasteiger partial charge in [-0.3, -0.25) is 4.79 Å². The summed E-state index contributed by atoms with van der Waals surface area (Å²) in [6, 6.07) is 6.45. The molecular formula is C17H26N2O2. The van der Waals surface area contributed by atoms with Gasteiger partial charge < -0.3 is 15.4 Å². The van der Waals surface area contributed by atoms with Crippen molar-refractivity contribution in [2.45, 2.75) is 45.1 Å². The number of aryl methyl sites for hydroxylation is 1. The second-order valence-electron chi connectivity index (χ2n) is 5.67. The Morgan fingerprint density at radius 2 is 2.33 bits per heavy atom. The molecule has 1 atom stereocenters. The van der Waals surface area contributed by atoms with Crippen LogP contribution in [0.3, 0.4) is 0 Å². The summed E-state index contributed by atoms with van der Waals surface area (Å²) in [5.74, 6) is 0.108. The number of para-hydroxylation sites is 1. The third kappa shape index (κ3) is 4.74. The van der Waals surface area contributed by atoms with Crippen molar-refractivity contribution in [2.24, 2.45) is 0 Å². The average Bonchev–Trinajstić information content (AvgIpc) is 2.52. The smallest absolute Gasteiger partial charge is 0.220 e. The van der Waals surface area contributed by atoms with Gasteiger partial charge in [-0.05, 0) is 43.7 Å². The van der Waals surface area contributed by atoms with Crippen molar-refractivity contribution in [2.75, 3.05) is 25.5 Å². The molecule has 1 unspecified atom stereocenters. The monoisotopic (exact) mass is 290 g/mol. The van der Waals surface area contributed by atoms with Crippen LogP contribution in [0.2, 0.25) is 0 Å². The van der Waals surface area contributed by atoms with Gasteiger partial charge in [0, 0.05) is 32.3 Å². The van der Waals surface area contributed by atoms with Gasteiger partial charge in [0.2, 0.25) is 5.91 Å². The Bertz CT molecular complexity index is 474. The first kappa shape index (κ1) is 15.8. The Morgan fingerprint density at radius 3 is 3.14 bits per heavy atom. The van der Waals surface area contributed by atoms with E-state index in [1.807, 2.05) is 6.92 Å². The topological polar surface area (TPSA) is 50.4 Å². The highest BCUT2D eigenvalue weighted by molar-refractivity contribution is 5.75. The van der Waals surface area contributed by atoms with Gasteiger partial charge in [-0.15, -0.1) is 0 Å². The van der Waals surface area contributed by atoms with Crippen LogP contribution in [0, 0.1) is 0 Å². The van der Waals surface area contributed by atoms with E-state index in [2.05, 4.69) is 28.8 Å². The van der Waals surface area contributed by atoms with E-state index < -0.39 is 0 Å². The summed E-state index contributed by atoms with van der Waals surface area (Å²) in [6.45, 7) is 3.72. The molecule has 1 aliphatic rings. The van der Waals surface area contributed by atoms with E-state index in [4.69, 9.17) is 4.74 Å². The first-order valence-corrected chi connectivity index (χ1v) is 7.85. The fourth-order valence-corrected chi connectivity index (χ4v) is 2.67. The van der Waals surface area contributed by atoms with Crippen LogP contribution in [0.1, 0.15) is 37.3 Å². The number of rotatable bonds is 7. The van der Waals surface area contributed by atoms with E-state index in [9.17, 15) is 4.79 Å². The molecule has 0 fully saturated rings. The molecule has 0 spiro atoms. The fraction of sp³-hybridized carbons (Fsp3) is 0.588. The lowest BCUT2D eigenvalue weighted by Crippen LogP contribution is -2.27. The maximum absolute atomic E-state index is 11.8. The zero-order chi connectivity index (χ0) is 15.1. The number of ether oxygens (including phenoxy) is 1. The lowest BCUT2D eigenvalue weighted by Gasteiger charge is -2.21. The molecule has 0 aromatic heterocycles. The number of carbonyl (C=O) groups excluding carboxylic acids is 1. The summed E-state index contributed by atoms with van der Waals surface area (Å²) in [6.07, 6.45) is 4.66. The van der Waals surface area contributed by atoms with Crippen LogP contribution in [0.25, 0.3) is 0 Å². The number of benzene rings is 1. The van der Waals surface area contributed by atoms with Crippen LogP contribution in [0.4, 0.5) is 5.69 Å². The minimum absolute atomic E-state index is 0.108. The summed E-state index contributed by atoms with van der Waals surface area (Å²) in [5.41, 5.74) is 3.99. The molecule has 1 amide bonds. The Kier molecular flexibility index (Phi) is 6.05. The summed E-state index contributed by atoms with van der Waals surface area (Å²) in [4.78, 5) is 11.8. The summed E-state index contributed by atoms with van der Waals surface area (Å²) in [5, 5.41) is 6.48. The van der Waals surface area contributed by atoms with Gasteiger partial charge in [0.15, 0.2) is 0 Å². The van der Waals surface area contributed by atoms with Crippen LogP contribution in [-0.2, 0) is 22.4 Å². The number of anilines is 1. The highest BCUT2D eigenvalue weighted by Crippen LogP contribution is 2.26. The number of hydrogen-bond donors (Lipinski definition) is 2. The first-order chi connectivity index (χ1) is 10.2. The second-order valence-corrected chi connectivity index (χ2v) is 5.67. The van der Waals surface area contributed by atoms with E-state index in [1.165, 1.54) is 23.2 Å². The standard InChI is InChI=1S/C17H26N2O2/c1-13(21-2)8-9-16(20)18-12-10-15-6-3-5-14-7-4-11-19-17(14)15/h3,5-6,13,19H,4,7-12H2,1-2H3,(H,18,20). The van der Waals surface area contributed by atoms with Crippen LogP contribution >= 0.6 is 0 Å². The van der Waals surface area contributed by atoms with Crippen molar-refractivity contribution in [1.29, 1.82) is 0 Å². The van der Waals surface area contributed by atoms with Crippen molar-refractivity contribution in [3.05, 3.63) is 29.3 Å². The molecule has 21 heavy (non-hydrogen) atoms. The minimum Gasteiger partial charge on any atom is -0.385 e. The van der Waals surface area contributed by atoms with Crippen molar-refractivity contribution in [1.82, 2.24) is 5.32 Å². The molecule has 116 valence electrons. The number of nitrogens with one attached hydrogen (secondary N) is 2. The van der Waals surface area contributed by atoms with Gasteiger partial charge in [0.25, 0.3) is 0 Å². The van der Waals surface area contributed by atoms with Crippen LogP contribution in [0.5, 0.6) is 0 Å². The zero-order valence-electron chi connectivity index (χ0n) is 13.1. The van der Waals surface area contributed by atoms with Gasteiger partial charge in [-0.25, -0.2) is 0 Å². The van der Waals surface area contributed by atoms with Gasteiger partial charge in [-0.1, -0.05) is 18.2 Å². The van der Waals surface area contributed by atoms with Gasteiger partial charge in [0.05, 0.1) is 6.10 Å². The molecule has 0 bridgehead atoms. The molecule has 2 N–H and O–H groups in total. The van der Waals surface area contributed by atoms with E-state index in [1.54, 1.807) is 7.11 Å². The van der Waals surface area contributed by atoms with Gasteiger partial charge >= 0.3 is 0 Å². The Balaban J connectivity index is 1.77.